The molecule has 0 aliphatic carbocycles. The van der Waals surface area contributed by atoms with Gasteiger partial charge in [0.25, 0.3) is 0 Å². The van der Waals surface area contributed by atoms with Crippen molar-refractivity contribution in [2.24, 2.45) is 0 Å². The van der Waals surface area contributed by atoms with Gasteiger partial charge in [0.05, 0.1) is 14.2 Å². The molecule has 0 spiro atoms. The van der Waals surface area contributed by atoms with Crippen LogP contribution in [0.2, 0.25) is 0 Å². The number of benzene rings is 4. The molecule has 0 aromatic heterocycles. The number of phenolic OH excluding ortho intramolecular Hbond substituents is 2. The average molecular weight is 671 g/mol. The first-order valence-electron chi connectivity index (χ1n) is 18.4. The van der Waals surface area contributed by atoms with Crippen LogP contribution in [0.15, 0.2) is 91.0 Å². The van der Waals surface area contributed by atoms with Crippen molar-refractivity contribution in [1.29, 1.82) is 0 Å². The van der Waals surface area contributed by atoms with Crippen molar-refractivity contribution in [3.05, 3.63) is 102 Å². The maximum Gasteiger partial charge on any atom is 0.207 e. The largest absolute Gasteiger partial charge is 0.504 e. The molecular weight excluding hydrogens is 611 g/mol. The SMILES string of the molecule is COc1c(O)c(C)c(CCCCCCCCCCCCCCCC[PH](c2ccccc2)(c2ccccc2)c2ccccc2)c(O)c1OC. The smallest absolute Gasteiger partial charge is 0.207 e. The van der Waals surface area contributed by atoms with Gasteiger partial charge in [-0.3, -0.25) is 0 Å². The van der Waals surface area contributed by atoms with Gasteiger partial charge in [0.15, 0.2) is 11.5 Å². The normalized spacial score (nSPS) is 11.8. The second-order valence-electron chi connectivity index (χ2n) is 13.3. The minimum absolute atomic E-state index is 0.0520. The summed E-state index contributed by atoms with van der Waals surface area (Å²) in [6.07, 6.45) is 19.9. The summed E-state index contributed by atoms with van der Waals surface area (Å²) in [5, 5.41) is 25.7. The molecule has 0 atom stereocenters. The molecule has 0 fully saturated rings. The Morgan fingerprint density at radius 2 is 0.792 bits per heavy atom. The number of methoxy groups -OCH3 is 2. The van der Waals surface area contributed by atoms with Gasteiger partial charge in [-0.2, -0.15) is 0 Å². The number of ether oxygens (including phenoxy) is 2. The Balaban J connectivity index is 1.09. The maximum absolute atomic E-state index is 10.7. The average Bonchev–Trinajstić information content (AvgIpc) is 3.13. The van der Waals surface area contributed by atoms with Crippen molar-refractivity contribution in [3.8, 4) is 23.0 Å². The Labute approximate surface area is 290 Å². The van der Waals surface area contributed by atoms with Crippen molar-refractivity contribution in [2.45, 2.75) is 103 Å². The van der Waals surface area contributed by atoms with Crippen LogP contribution in [-0.4, -0.2) is 30.6 Å². The van der Waals surface area contributed by atoms with E-state index in [0.717, 1.165) is 24.8 Å². The summed E-state index contributed by atoms with van der Waals surface area (Å²) in [6, 6.07) is 33.9. The predicted molar refractivity (Wildman–Crippen MR) is 207 cm³/mol. The first kappa shape index (κ1) is 37.3. The monoisotopic (exact) mass is 670 g/mol. The predicted octanol–water partition coefficient (Wildman–Crippen LogP) is 10.2. The zero-order valence-corrected chi connectivity index (χ0v) is 30.7. The van der Waals surface area contributed by atoms with Crippen LogP contribution < -0.4 is 25.4 Å². The fraction of sp³-hybridized carbons (Fsp3) is 0.442. The van der Waals surface area contributed by atoms with E-state index in [-0.39, 0.29) is 23.0 Å². The Kier molecular flexibility index (Phi) is 15.6. The van der Waals surface area contributed by atoms with Crippen molar-refractivity contribution in [3.63, 3.8) is 0 Å². The van der Waals surface area contributed by atoms with Gasteiger partial charge in [-0.25, -0.2) is 0 Å². The zero-order chi connectivity index (χ0) is 34.0. The minimum Gasteiger partial charge on any atom is -0.504 e. The fourth-order valence-corrected chi connectivity index (χ4v) is 12.4. The molecule has 0 saturated heterocycles. The molecule has 2 N–H and O–H groups in total. The van der Waals surface area contributed by atoms with Crippen LogP contribution in [0, 0.1) is 6.92 Å². The van der Waals surface area contributed by atoms with Crippen LogP contribution in [0.4, 0.5) is 0 Å². The standard InChI is InChI=1S/C43H59O4P/c1-35-39(41(45)43(47-3)42(46-2)40(35)44)33-25-14-12-10-8-6-4-5-7-9-11-13-15-26-34-48(36-27-19-16-20-28-36,37-29-21-17-22-30-37)38-31-23-18-24-32-38/h16-24,27-32,44-45,48H,4-15,25-26,33-34H2,1-3H3. The van der Waals surface area contributed by atoms with E-state index in [0.29, 0.717) is 5.56 Å². The van der Waals surface area contributed by atoms with E-state index < -0.39 is 7.26 Å². The van der Waals surface area contributed by atoms with Gasteiger partial charge in [0.2, 0.25) is 11.5 Å². The van der Waals surface area contributed by atoms with E-state index in [2.05, 4.69) is 91.0 Å². The van der Waals surface area contributed by atoms with E-state index in [9.17, 15) is 10.2 Å². The Morgan fingerprint density at radius 3 is 1.17 bits per heavy atom. The third-order valence-corrected chi connectivity index (χ3v) is 15.2. The van der Waals surface area contributed by atoms with Gasteiger partial charge in [-0.1, -0.05) is 12.8 Å². The molecule has 0 aliphatic heterocycles. The van der Waals surface area contributed by atoms with Crippen molar-refractivity contribution in [1.82, 2.24) is 0 Å². The van der Waals surface area contributed by atoms with E-state index >= 15 is 0 Å². The molecule has 0 unspecified atom stereocenters. The Hall–Kier alpha value is -3.49. The quantitative estimate of drug-likeness (QED) is 0.0496. The third kappa shape index (κ3) is 9.79. The molecule has 4 aromatic rings. The summed E-state index contributed by atoms with van der Waals surface area (Å²) >= 11 is 0. The van der Waals surface area contributed by atoms with Crippen LogP contribution in [0.5, 0.6) is 23.0 Å². The molecular formula is C43H59O4P. The molecule has 0 heterocycles. The topological polar surface area (TPSA) is 58.9 Å². The number of rotatable bonds is 22. The van der Waals surface area contributed by atoms with Crippen LogP contribution >= 0.6 is 7.26 Å². The molecule has 0 aliphatic rings. The second kappa shape index (κ2) is 20.1. The molecule has 4 rings (SSSR count). The number of hydrogen-bond donors (Lipinski definition) is 2. The third-order valence-electron chi connectivity index (χ3n) is 10.2. The summed E-state index contributed by atoms with van der Waals surface area (Å²) in [4.78, 5) is 0. The number of hydrogen-bond acceptors (Lipinski definition) is 4. The van der Waals surface area contributed by atoms with Crippen LogP contribution in [0.3, 0.4) is 0 Å². The van der Waals surface area contributed by atoms with Crippen LogP contribution in [0.1, 0.15) is 101 Å². The van der Waals surface area contributed by atoms with E-state index in [4.69, 9.17) is 9.47 Å². The summed E-state index contributed by atoms with van der Waals surface area (Å²) in [5.41, 5.74) is 1.43. The molecule has 48 heavy (non-hydrogen) atoms. The Morgan fingerprint density at radius 1 is 0.458 bits per heavy atom. The fourth-order valence-electron chi connectivity index (χ4n) is 7.44. The van der Waals surface area contributed by atoms with Crippen molar-refractivity contribution in [2.75, 3.05) is 20.4 Å². The van der Waals surface area contributed by atoms with Gasteiger partial charge < -0.3 is 19.7 Å². The van der Waals surface area contributed by atoms with Gasteiger partial charge >= 0.3 is 191 Å². The Bertz CT molecular complexity index is 1380. The molecule has 4 nitrogen and oxygen atoms in total. The first-order valence-corrected chi connectivity index (χ1v) is 20.6. The molecule has 5 heteroatoms. The minimum atomic E-state index is -2.09. The molecule has 0 amide bonds. The van der Waals surface area contributed by atoms with E-state index in [1.807, 2.05) is 6.92 Å². The van der Waals surface area contributed by atoms with Gasteiger partial charge in [0.1, 0.15) is 0 Å². The molecule has 0 bridgehead atoms. The molecule has 260 valence electrons. The van der Waals surface area contributed by atoms with Crippen LogP contribution in [-0.2, 0) is 6.42 Å². The van der Waals surface area contributed by atoms with Crippen molar-refractivity contribution < 1.29 is 19.7 Å². The summed E-state index contributed by atoms with van der Waals surface area (Å²) in [6.45, 7) is 1.82. The van der Waals surface area contributed by atoms with Gasteiger partial charge in [0, 0.05) is 11.1 Å². The number of phenols is 2. The van der Waals surface area contributed by atoms with Crippen LogP contribution in [0.25, 0.3) is 0 Å². The number of unbranched alkanes of at least 4 members (excludes halogenated alkanes) is 13. The van der Waals surface area contributed by atoms with E-state index in [1.54, 1.807) is 0 Å². The second-order valence-corrected chi connectivity index (χ2v) is 17.4. The first-order chi connectivity index (χ1) is 23.5. The summed E-state index contributed by atoms with van der Waals surface area (Å²) in [7, 11) is 0.862. The van der Waals surface area contributed by atoms with E-state index in [1.165, 1.54) is 113 Å². The summed E-state index contributed by atoms with van der Waals surface area (Å²) < 4.78 is 10.5. The zero-order valence-electron chi connectivity index (χ0n) is 29.7. The summed E-state index contributed by atoms with van der Waals surface area (Å²) in [5.74, 6) is 0.546. The van der Waals surface area contributed by atoms with Crippen molar-refractivity contribution >= 4 is 23.2 Å². The molecule has 4 aromatic carbocycles. The molecule has 0 saturated carbocycles. The van der Waals surface area contributed by atoms with Gasteiger partial charge in [-0.05, 0) is 19.8 Å². The number of aromatic hydroxyl groups is 2. The molecule has 0 radical (unpaired) electrons. The van der Waals surface area contributed by atoms with Gasteiger partial charge in [-0.15, -0.1) is 0 Å². The maximum atomic E-state index is 10.7.